The Morgan fingerprint density at radius 3 is 2.68 bits per heavy atom. The Labute approximate surface area is 173 Å². The third-order valence-corrected chi connectivity index (χ3v) is 6.19. The normalized spacial score (nSPS) is 15.9. The number of carbonyl (C=O) groups excluding carboxylic acids is 1. The van der Waals surface area contributed by atoms with Gasteiger partial charge >= 0.3 is 0 Å². The molecule has 0 aliphatic carbocycles. The van der Waals surface area contributed by atoms with Crippen molar-refractivity contribution in [3.63, 3.8) is 0 Å². The molecule has 1 N–H and O–H groups in total. The van der Waals surface area contributed by atoms with Crippen molar-refractivity contribution < 1.29 is 4.79 Å². The molecule has 1 heterocycles. The number of aliphatic imine (C=N–C) groups is 1. The van der Waals surface area contributed by atoms with Crippen LogP contribution in [0, 0.1) is 0 Å². The van der Waals surface area contributed by atoms with E-state index in [1.54, 1.807) is 11.8 Å². The van der Waals surface area contributed by atoms with Gasteiger partial charge in [0.25, 0.3) is 0 Å². The first-order chi connectivity index (χ1) is 13.6. The van der Waals surface area contributed by atoms with Crippen LogP contribution in [0.2, 0.25) is 5.02 Å². The molecular weight excluding hydrogens is 388 g/mol. The minimum atomic E-state index is -0.0881. The molecule has 140 valence electrons. The number of hydrogen-bond acceptors (Lipinski definition) is 3. The van der Waals surface area contributed by atoms with Gasteiger partial charge in [0.05, 0.1) is 5.69 Å². The number of benzene rings is 3. The highest BCUT2D eigenvalue weighted by molar-refractivity contribution is 7.99. The predicted octanol–water partition coefficient (Wildman–Crippen LogP) is 6.66. The minimum Gasteiger partial charge on any atom is -0.326 e. The predicted molar refractivity (Wildman–Crippen MR) is 118 cm³/mol. The van der Waals surface area contributed by atoms with Gasteiger partial charge in [-0.15, -0.1) is 11.8 Å². The Balaban J connectivity index is 1.78. The van der Waals surface area contributed by atoms with Gasteiger partial charge in [-0.2, -0.15) is 0 Å². The zero-order chi connectivity index (χ0) is 19.5. The maximum atomic E-state index is 11.4. The first kappa shape index (κ1) is 18.8. The van der Waals surface area contributed by atoms with E-state index in [-0.39, 0.29) is 11.2 Å². The molecule has 1 aliphatic rings. The number of rotatable bonds is 3. The van der Waals surface area contributed by atoms with Crippen molar-refractivity contribution in [3.05, 3.63) is 88.9 Å². The Morgan fingerprint density at radius 1 is 1.07 bits per heavy atom. The molecule has 0 saturated heterocycles. The highest BCUT2D eigenvalue weighted by Crippen LogP contribution is 2.47. The Hall–Kier alpha value is -2.56. The number of nitrogens with one attached hydrogen (secondary N) is 1. The summed E-state index contributed by atoms with van der Waals surface area (Å²) >= 11 is 8.30. The van der Waals surface area contributed by atoms with E-state index in [0.29, 0.717) is 0 Å². The first-order valence-corrected chi connectivity index (χ1v) is 10.3. The lowest BCUT2D eigenvalue weighted by Crippen LogP contribution is -2.09. The largest absolute Gasteiger partial charge is 0.326 e. The van der Waals surface area contributed by atoms with E-state index in [1.165, 1.54) is 6.92 Å². The van der Waals surface area contributed by atoms with Crippen molar-refractivity contribution in [1.82, 2.24) is 0 Å². The molecule has 1 amide bonds. The lowest BCUT2D eigenvalue weighted by Gasteiger charge is -2.17. The Kier molecular flexibility index (Phi) is 5.51. The zero-order valence-electron chi connectivity index (χ0n) is 15.4. The van der Waals surface area contributed by atoms with Crippen LogP contribution < -0.4 is 5.32 Å². The summed E-state index contributed by atoms with van der Waals surface area (Å²) in [4.78, 5) is 17.5. The third-order valence-electron chi connectivity index (χ3n) is 4.54. The number of carbonyl (C=O) groups is 1. The molecule has 3 aromatic carbocycles. The van der Waals surface area contributed by atoms with Gasteiger partial charge in [0.1, 0.15) is 0 Å². The standard InChI is InChI=1S/C23H19ClN2OS/c1-15(27)25-17-8-6-7-16(13-17)21-14-23(18-9-2-3-10-19(18)24)28-22-12-5-4-11-20(22)26-21/h2-13,23H,14H2,1H3,(H,25,27). The number of halogens is 1. The summed E-state index contributed by atoms with van der Waals surface area (Å²) in [6.45, 7) is 1.51. The molecule has 0 bridgehead atoms. The molecule has 1 aliphatic heterocycles. The maximum absolute atomic E-state index is 11.4. The average Bonchev–Trinajstić information content (AvgIpc) is 2.88. The van der Waals surface area contributed by atoms with Crippen molar-refractivity contribution in [2.75, 3.05) is 5.32 Å². The molecule has 0 radical (unpaired) electrons. The summed E-state index contributed by atoms with van der Waals surface area (Å²) in [5, 5.41) is 3.77. The number of para-hydroxylation sites is 1. The van der Waals surface area contributed by atoms with Crippen molar-refractivity contribution in [2.45, 2.75) is 23.5 Å². The van der Waals surface area contributed by atoms with Gasteiger partial charge in [0.2, 0.25) is 5.91 Å². The van der Waals surface area contributed by atoms with Gasteiger partial charge in [0.15, 0.2) is 0 Å². The summed E-state index contributed by atoms with van der Waals surface area (Å²) in [5.41, 5.74) is 4.82. The molecule has 4 rings (SSSR count). The van der Waals surface area contributed by atoms with Gasteiger partial charge < -0.3 is 5.32 Å². The molecule has 0 aromatic heterocycles. The van der Waals surface area contributed by atoms with Gasteiger partial charge in [-0.1, -0.05) is 54.1 Å². The second-order valence-corrected chi connectivity index (χ2v) is 8.27. The summed E-state index contributed by atoms with van der Waals surface area (Å²) in [7, 11) is 0. The molecule has 3 nitrogen and oxygen atoms in total. The second-order valence-electron chi connectivity index (χ2n) is 6.62. The number of hydrogen-bond donors (Lipinski definition) is 1. The highest BCUT2D eigenvalue weighted by atomic mass is 35.5. The fourth-order valence-corrected chi connectivity index (χ4v) is 4.89. The quantitative estimate of drug-likeness (QED) is 0.528. The smallest absolute Gasteiger partial charge is 0.221 e. The van der Waals surface area contributed by atoms with Gasteiger partial charge in [-0.05, 0) is 41.5 Å². The van der Waals surface area contributed by atoms with E-state index in [1.807, 2.05) is 60.7 Å². The van der Waals surface area contributed by atoms with Crippen LogP contribution in [0.1, 0.15) is 29.7 Å². The topological polar surface area (TPSA) is 41.5 Å². The monoisotopic (exact) mass is 406 g/mol. The number of fused-ring (bicyclic) bond motifs is 1. The molecule has 0 spiro atoms. The van der Waals surface area contributed by atoms with Gasteiger partial charge in [-0.25, -0.2) is 0 Å². The third kappa shape index (κ3) is 4.13. The SMILES string of the molecule is CC(=O)Nc1cccc(C2=Nc3ccccc3SC(c3ccccc3Cl)C2)c1. The van der Waals surface area contributed by atoms with E-state index in [0.717, 1.165) is 44.6 Å². The fourth-order valence-electron chi connectivity index (χ4n) is 3.28. The minimum absolute atomic E-state index is 0.0881. The maximum Gasteiger partial charge on any atom is 0.221 e. The van der Waals surface area contributed by atoms with Crippen molar-refractivity contribution in [2.24, 2.45) is 4.99 Å². The van der Waals surface area contributed by atoms with Crippen LogP contribution in [0.4, 0.5) is 11.4 Å². The average molecular weight is 407 g/mol. The number of nitrogens with zero attached hydrogens (tertiary/aromatic N) is 1. The highest BCUT2D eigenvalue weighted by Gasteiger charge is 2.24. The van der Waals surface area contributed by atoms with E-state index < -0.39 is 0 Å². The molecule has 1 atom stereocenters. The molecule has 1 unspecified atom stereocenters. The Bertz CT molecular complexity index is 1060. The fraction of sp³-hybridized carbons (Fsp3) is 0.130. The number of thioether (sulfide) groups is 1. The molecule has 5 heteroatoms. The summed E-state index contributed by atoms with van der Waals surface area (Å²) in [6.07, 6.45) is 0.743. The van der Waals surface area contributed by atoms with Crippen LogP contribution in [0.5, 0.6) is 0 Å². The molecule has 0 saturated carbocycles. The van der Waals surface area contributed by atoms with Crippen molar-refractivity contribution in [3.8, 4) is 0 Å². The Morgan fingerprint density at radius 2 is 1.86 bits per heavy atom. The molecule has 0 fully saturated rings. The first-order valence-electron chi connectivity index (χ1n) is 9.06. The van der Waals surface area contributed by atoms with E-state index in [4.69, 9.17) is 16.6 Å². The lowest BCUT2D eigenvalue weighted by molar-refractivity contribution is -0.114. The van der Waals surface area contributed by atoms with E-state index >= 15 is 0 Å². The van der Waals surface area contributed by atoms with Gasteiger partial charge in [0, 0.05) is 39.9 Å². The van der Waals surface area contributed by atoms with Crippen LogP contribution in [0.3, 0.4) is 0 Å². The van der Waals surface area contributed by atoms with E-state index in [9.17, 15) is 4.79 Å². The van der Waals surface area contributed by atoms with Crippen LogP contribution in [0.15, 0.2) is 82.7 Å². The summed E-state index contributed by atoms with van der Waals surface area (Å²) in [5.74, 6) is -0.0881. The van der Waals surface area contributed by atoms with Crippen LogP contribution in [0.25, 0.3) is 0 Å². The summed E-state index contributed by atoms with van der Waals surface area (Å²) in [6, 6.07) is 24.0. The second kappa shape index (κ2) is 8.21. The molecule has 3 aromatic rings. The van der Waals surface area contributed by atoms with Gasteiger partial charge in [-0.3, -0.25) is 9.79 Å². The molecule has 28 heavy (non-hydrogen) atoms. The summed E-state index contributed by atoms with van der Waals surface area (Å²) < 4.78 is 0. The lowest BCUT2D eigenvalue weighted by atomic mass is 10.0. The number of amides is 1. The van der Waals surface area contributed by atoms with E-state index in [2.05, 4.69) is 17.4 Å². The van der Waals surface area contributed by atoms with Crippen molar-refractivity contribution in [1.29, 1.82) is 0 Å². The van der Waals surface area contributed by atoms with Crippen LogP contribution >= 0.6 is 23.4 Å². The van der Waals surface area contributed by atoms with Crippen LogP contribution in [-0.4, -0.2) is 11.6 Å². The van der Waals surface area contributed by atoms with Crippen LogP contribution in [-0.2, 0) is 4.79 Å². The zero-order valence-corrected chi connectivity index (χ0v) is 16.9. The number of anilines is 1. The van der Waals surface area contributed by atoms with Crippen molar-refractivity contribution >= 4 is 46.4 Å². The molecular formula is C23H19ClN2OS.